The maximum absolute atomic E-state index is 13.3. The predicted molar refractivity (Wildman–Crippen MR) is 59.8 cm³/mol. The molecule has 1 rings (SSSR count). The average Bonchev–Trinajstić information content (AvgIpc) is 2.27. The number of carbonyl (C=O) groups is 2. The van der Waals surface area contributed by atoms with Gasteiger partial charge in [-0.1, -0.05) is 0 Å². The molecule has 1 heterocycles. The summed E-state index contributed by atoms with van der Waals surface area (Å²) in [5, 5.41) is 7.80. The zero-order chi connectivity index (χ0) is 14.6. The third-order valence-electron chi connectivity index (χ3n) is 1.98. The summed E-state index contributed by atoms with van der Waals surface area (Å²) < 4.78 is 38.4. The number of amides is 1. The van der Waals surface area contributed by atoms with E-state index in [9.17, 15) is 22.4 Å². The molecule has 0 saturated heterocycles. The highest BCUT2D eigenvalue weighted by molar-refractivity contribution is 7.89. The maximum Gasteiger partial charge on any atom is 0.322 e. The first-order valence-corrected chi connectivity index (χ1v) is 6.36. The molecule has 0 fully saturated rings. The molecule has 1 aromatic rings. The Balaban J connectivity index is 3.04. The molecule has 0 bridgehead atoms. The lowest BCUT2D eigenvalue weighted by Gasteiger charge is -2.12. The van der Waals surface area contributed by atoms with Gasteiger partial charge in [0.25, 0.3) is 10.0 Å². The van der Waals surface area contributed by atoms with Crippen molar-refractivity contribution in [2.24, 2.45) is 5.73 Å². The van der Waals surface area contributed by atoms with Crippen molar-refractivity contribution < 1.29 is 27.5 Å². The number of pyridine rings is 1. The molecule has 1 amide bonds. The summed E-state index contributed by atoms with van der Waals surface area (Å²) in [7, 11) is -4.51. The molecule has 0 spiro atoms. The second-order valence-corrected chi connectivity index (χ2v) is 5.10. The number of nitrogens with zero attached hydrogens (tertiary/aromatic N) is 1. The van der Waals surface area contributed by atoms with E-state index in [0.29, 0.717) is 0 Å². The van der Waals surface area contributed by atoms with Gasteiger partial charge in [0, 0.05) is 6.20 Å². The van der Waals surface area contributed by atoms with Crippen molar-refractivity contribution in [3.05, 3.63) is 24.1 Å². The first-order chi connectivity index (χ1) is 8.74. The minimum absolute atomic E-state index is 0.761. The number of carboxylic acid groups (broad SMARTS) is 1. The van der Waals surface area contributed by atoms with Gasteiger partial charge >= 0.3 is 5.97 Å². The fraction of sp³-hybridized carbons (Fsp3) is 0.222. The van der Waals surface area contributed by atoms with Crippen LogP contribution in [0.2, 0.25) is 0 Å². The zero-order valence-electron chi connectivity index (χ0n) is 9.41. The second kappa shape index (κ2) is 5.71. The monoisotopic (exact) mass is 291 g/mol. The Labute approximate surface area is 107 Å². The zero-order valence-corrected chi connectivity index (χ0v) is 10.2. The Kier molecular flexibility index (Phi) is 4.51. The predicted octanol–water partition coefficient (Wildman–Crippen LogP) is -1.17. The number of aromatic nitrogens is 1. The summed E-state index contributed by atoms with van der Waals surface area (Å²) in [4.78, 5) is 24.7. The van der Waals surface area contributed by atoms with Gasteiger partial charge in [-0.05, 0) is 12.1 Å². The third kappa shape index (κ3) is 3.96. The van der Waals surface area contributed by atoms with Gasteiger partial charge in [-0.3, -0.25) is 9.59 Å². The normalized spacial score (nSPS) is 12.9. The number of rotatable bonds is 6. The molecule has 4 N–H and O–H groups in total. The fourth-order valence-electron chi connectivity index (χ4n) is 1.19. The van der Waals surface area contributed by atoms with Crippen LogP contribution in [0.25, 0.3) is 0 Å². The number of sulfonamides is 1. The van der Waals surface area contributed by atoms with Crippen LogP contribution in [0.1, 0.15) is 6.42 Å². The molecular weight excluding hydrogens is 281 g/mol. The first kappa shape index (κ1) is 15.0. The van der Waals surface area contributed by atoms with E-state index in [1.165, 1.54) is 6.07 Å². The van der Waals surface area contributed by atoms with Crippen molar-refractivity contribution in [1.82, 2.24) is 9.71 Å². The van der Waals surface area contributed by atoms with Gasteiger partial charge in [0.15, 0.2) is 5.82 Å². The molecule has 1 aromatic heterocycles. The fourth-order valence-corrected chi connectivity index (χ4v) is 2.39. The molecule has 0 aliphatic carbocycles. The average molecular weight is 291 g/mol. The lowest BCUT2D eigenvalue weighted by atomic mass is 10.2. The van der Waals surface area contributed by atoms with E-state index in [1.54, 1.807) is 4.72 Å². The molecule has 104 valence electrons. The number of primary amides is 1. The number of nitrogens with two attached hydrogens (primary N) is 1. The number of hydrogen-bond acceptors (Lipinski definition) is 5. The lowest BCUT2D eigenvalue weighted by Crippen LogP contribution is -2.43. The highest BCUT2D eigenvalue weighted by atomic mass is 32.2. The summed E-state index contributed by atoms with van der Waals surface area (Å²) >= 11 is 0. The van der Waals surface area contributed by atoms with E-state index in [1.807, 2.05) is 0 Å². The van der Waals surface area contributed by atoms with Crippen LogP contribution >= 0.6 is 0 Å². The smallest absolute Gasteiger partial charge is 0.322 e. The molecular formula is C9H10FN3O5S. The Hall–Kier alpha value is -2.07. The maximum atomic E-state index is 13.3. The van der Waals surface area contributed by atoms with Crippen molar-refractivity contribution >= 4 is 21.9 Å². The highest BCUT2D eigenvalue weighted by Crippen LogP contribution is 2.11. The van der Waals surface area contributed by atoms with Crippen LogP contribution in [0, 0.1) is 5.82 Å². The van der Waals surface area contributed by atoms with Gasteiger partial charge in [-0.2, -0.15) is 4.72 Å². The van der Waals surface area contributed by atoms with E-state index in [2.05, 4.69) is 4.98 Å². The second-order valence-electron chi connectivity index (χ2n) is 3.47. The minimum atomic E-state index is -4.51. The van der Waals surface area contributed by atoms with Gasteiger partial charge in [-0.15, -0.1) is 0 Å². The lowest BCUT2D eigenvalue weighted by molar-refractivity contribution is -0.140. The van der Waals surface area contributed by atoms with Crippen LogP contribution < -0.4 is 10.5 Å². The van der Waals surface area contributed by atoms with Crippen LogP contribution in [-0.2, 0) is 19.6 Å². The van der Waals surface area contributed by atoms with Crippen LogP contribution in [-0.4, -0.2) is 36.4 Å². The molecule has 0 radical (unpaired) electrons. The topological polar surface area (TPSA) is 139 Å². The number of carboxylic acids is 1. The Morgan fingerprint density at radius 2 is 2.16 bits per heavy atom. The molecule has 8 nitrogen and oxygen atoms in total. The van der Waals surface area contributed by atoms with Crippen molar-refractivity contribution in [2.75, 3.05) is 0 Å². The number of nitrogens with one attached hydrogen (secondary N) is 1. The largest absolute Gasteiger partial charge is 0.480 e. The number of hydrogen-bond donors (Lipinski definition) is 3. The van der Waals surface area contributed by atoms with Crippen molar-refractivity contribution in [3.63, 3.8) is 0 Å². The van der Waals surface area contributed by atoms with E-state index in [4.69, 9.17) is 10.8 Å². The summed E-state index contributed by atoms with van der Waals surface area (Å²) in [6, 6.07) is 0.238. The van der Waals surface area contributed by atoms with Crippen LogP contribution in [0.5, 0.6) is 0 Å². The van der Waals surface area contributed by atoms with E-state index < -0.39 is 45.2 Å². The Morgan fingerprint density at radius 3 is 2.63 bits per heavy atom. The van der Waals surface area contributed by atoms with Crippen molar-refractivity contribution in [3.8, 4) is 0 Å². The number of aliphatic carboxylic acids is 1. The first-order valence-electron chi connectivity index (χ1n) is 4.88. The standard InChI is InChI=1S/C9H10FN3O5S/c10-5-2-1-3-12-8(5)19(17,18)13-6(9(15)16)4-7(11)14/h1-3,6,13H,4H2,(H2,11,14)(H,15,16)/t6-/m1/s1. The van der Waals surface area contributed by atoms with Crippen LogP contribution in [0.3, 0.4) is 0 Å². The SMILES string of the molecule is NC(=O)C[C@@H](NS(=O)(=O)c1ncccc1F)C(=O)O. The molecule has 10 heteroatoms. The highest BCUT2D eigenvalue weighted by Gasteiger charge is 2.29. The summed E-state index contributed by atoms with van der Waals surface area (Å²) in [5.74, 6) is -3.77. The molecule has 0 unspecified atom stereocenters. The Morgan fingerprint density at radius 1 is 1.53 bits per heavy atom. The van der Waals surface area contributed by atoms with Gasteiger partial charge in [0.1, 0.15) is 6.04 Å². The van der Waals surface area contributed by atoms with E-state index >= 15 is 0 Å². The molecule has 0 aromatic carbocycles. The van der Waals surface area contributed by atoms with Crippen molar-refractivity contribution in [1.29, 1.82) is 0 Å². The number of halogens is 1. The minimum Gasteiger partial charge on any atom is -0.480 e. The van der Waals surface area contributed by atoms with Crippen molar-refractivity contribution in [2.45, 2.75) is 17.5 Å². The van der Waals surface area contributed by atoms with E-state index in [-0.39, 0.29) is 0 Å². The molecule has 19 heavy (non-hydrogen) atoms. The third-order valence-corrected chi connectivity index (χ3v) is 3.38. The van der Waals surface area contributed by atoms with Crippen LogP contribution in [0.4, 0.5) is 4.39 Å². The summed E-state index contributed by atoms with van der Waals surface area (Å²) in [6.45, 7) is 0. The Bertz CT molecular complexity index is 604. The quantitative estimate of drug-likeness (QED) is 0.603. The molecule has 0 aliphatic heterocycles. The molecule has 0 aliphatic rings. The summed E-state index contributed by atoms with van der Waals surface area (Å²) in [6.07, 6.45) is 0.268. The molecule has 1 atom stereocenters. The number of carbonyl (C=O) groups excluding carboxylic acids is 1. The van der Waals surface area contributed by atoms with Gasteiger partial charge in [-0.25, -0.2) is 17.8 Å². The van der Waals surface area contributed by atoms with E-state index in [0.717, 1.165) is 12.3 Å². The molecule has 0 saturated carbocycles. The van der Waals surface area contributed by atoms with Crippen LogP contribution in [0.15, 0.2) is 23.4 Å². The van der Waals surface area contributed by atoms with Gasteiger partial charge in [0.05, 0.1) is 6.42 Å². The summed E-state index contributed by atoms with van der Waals surface area (Å²) in [5.41, 5.74) is 4.79. The van der Waals surface area contributed by atoms with Gasteiger partial charge < -0.3 is 10.8 Å². The van der Waals surface area contributed by atoms with Gasteiger partial charge in [0.2, 0.25) is 10.9 Å².